The normalized spacial score (nSPS) is 17.2. The fraction of sp³-hybridized carbons (Fsp3) is 0.333. The molecule has 0 aliphatic heterocycles. The molecule has 14 heavy (non-hydrogen) atoms. The van der Waals surface area contributed by atoms with Crippen LogP contribution >= 0.6 is 15.9 Å². The lowest BCUT2D eigenvalue weighted by atomic mass is 9.97. The topological polar surface area (TPSA) is 9.23 Å². The molecule has 0 unspecified atom stereocenters. The van der Waals surface area contributed by atoms with Crippen molar-refractivity contribution in [3.8, 4) is 18.1 Å². The summed E-state index contributed by atoms with van der Waals surface area (Å²) < 4.78 is 6.14. The van der Waals surface area contributed by atoms with Crippen LogP contribution in [-0.2, 0) is 5.41 Å². The minimum Gasteiger partial charge on any atom is -0.496 e. The molecular weight excluding hydrogens is 240 g/mol. The van der Waals surface area contributed by atoms with Gasteiger partial charge in [-0.1, -0.05) is 12.0 Å². The van der Waals surface area contributed by atoms with Gasteiger partial charge in [0.15, 0.2) is 0 Å². The van der Waals surface area contributed by atoms with E-state index in [-0.39, 0.29) is 5.41 Å². The molecule has 1 aliphatic rings. The predicted octanol–water partition coefficient (Wildman–Crippen LogP) is 3.12. The molecule has 0 amide bonds. The molecule has 0 aromatic heterocycles. The molecular formula is C12H11BrO. The lowest BCUT2D eigenvalue weighted by molar-refractivity contribution is 0.412. The second kappa shape index (κ2) is 3.33. The molecule has 0 spiro atoms. The number of hydrogen-bond donors (Lipinski definition) is 0. The first-order valence-electron chi connectivity index (χ1n) is 4.54. The van der Waals surface area contributed by atoms with Crippen molar-refractivity contribution in [2.24, 2.45) is 0 Å². The van der Waals surface area contributed by atoms with Crippen molar-refractivity contribution < 1.29 is 4.74 Å². The molecule has 1 nitrogen and oxygen atoms in total. The molecule has 0 bridgehead atoms. The van der Waals surface area contributed by atoms with Crippen LogP contribution in [0.2, 0.25) is 0 Å². The summed E-state index contributed by atoms with van der Waals surface area (Å²) in [4.78, 5) is 0. The smallest absolute Gasteiger partial charge is 0.133 e. The third kappa shape index (κ3) is 1.42. The molecule has 0 saturated heterocycles. The highest BCUT2D eigenvalue weighted by atomic mass is 79.9. The lowest BCUT2D eigenvalue weighted by Crippen LogP contribution is -2.02. The minimum absolute atomic E-state index is 0.00872. The van der Waals surface area contributed by atoms with Gasteiger partial charge >= 0.3 is 0 Å². The van der Waals surface area contributed by atoms with E-state index in [4.69, 9.17) is 11.2 Å². The Labute approximate surface area is 92.6 Å². The van der Waals surface area contributed by atoms with Gasteiger partial charge in [-0.3, -0.25) is 0 Å². The number of ether oxygens (including phenoxy) is 1. The van der Waals surface area contributed by atoms with E-state index in [2.05, 4.69) is 34.0 Å². The Balaban J connectivity index is 2.39. The molecule has 0 N–H and O–H groups in total. The summed E-state index contributed by atoms with van der Waals surface area (Å²) in [7, 11) is 1.66. The maximum absolute atomic E-state index is 5.52. The largest absolute Gasteiger partial charge is 0.496 e. The van der Waals surface area contributed by atoms with E-state index in [1.165, 1.54) is 5.56 Å². The van der Waals surface area contributed by atoms with Crippen LogP contribution in [0.15, 0.2) is 22.7 Å². The third-order valence-electron chi connectivity index (χ3n) is 2.73. The first kappa shape index (κ1) is 9.61. The Morgan fingerprint density at radius 1 is 1.50 bits per heavy atom. The molecule has 2 heteroatoms. The van der Waals surface area contributed by atoms with Gasteiger partial charge in [-0.15, -0.1) is 6.42 Å². The number of terminal acetylenes is 1. The quantitative estimate of drug-likeness (QED) is 0.734. The molecule has 1 aliphatic carbocycles. The van der Waals surface area contributed by atoms with Crippen LogP contribution in [0.25, 0.3) is 0 Å². The molecule has 0 radical (unpaired) electrons. The zero-order valence-corrected chi connectivity index (χ0v) is 9.60. The Bertz CT molecular complexity index is 399. The van der Waals surface area contributed by atoms with Crippen LogP contribution in [0, 0.1) is 12.3 Å². The van der Waals surface area contributed by atoms with E-state index in [0.29, 0.717) is 0 Å². The summed E-state index contributed by atoms with van der Waals surface area (Å²) in [5, 5.41) is 0. The Hall–Kier alpha value is -0.940. The first-order valence-corrected chi connectivity index (χ1v) is 5.33. The average Bonchev–Trinajstić information content (AvgIpc) is 2.98. The van der Waals surface area contributed by atoms with E-state index in [0.717, 1.165) is 23.1 Å². The van der Waals surface area contributed by atoms with E-state index < -0.39 is 0 Å². The van der Waals surface area contributed by atoms with E-state index in [1.54, 1.807) is 7.11 Å². The monoisotopic (exact) mass is 250 g/mol. The summed E-state index contributed by atoms with van der Waals surface area (Å²) >= 11 is 3.46. The van der Waals surface area contributed by atoms with Gasteiger partial charge in [-0.2, -0.15) is 0 Å². The van der Waals surface area contributed by atoms with E-state index >= 15 is 0 Å². The fourth-order valence-corrected chi connectivity index (χ4v) is 2.15. The second-order valence-electron chi connectivity index (χ2n) is 3.58. The molecule has 0 atom stereocenters. The van der Waals surface area contributed by atoms with E-state index in [9.17, 15) is 0 Å². The van der Waals surface area contributed by atoms with Gasteiger partial charge in [0.05, 0.1) is 17.0 Å². The minimum atomic E-state index is 0.00872. The average molecular weight is 251 g/mol. The number of rotatable bonds is 2. The summed E-state index contributed by atoms with van der Waals surface area (Å²) in [6, 6.07) is 6.07. The maximum atomic E-state index is 5.52. The van der Waals surface area contributed by atoms with Crippen LogP contribution in [-0.4, -0.2) is 7.11 Å². The Morgan fingerprint density at radius 2 is 2.21 bits per heavy atom. The summed E-state index contributed by atoms with van der Waals surface area (Å²) in [5.41, 5.74) is 1.22. The van der Waals surface area contributed by atoms with Crippen molar-refractivity contribution in [3.63, 3.8) is 0 Å². The SMILES string of the molecule is C#CC1(c2ccc(OC)c(Br)c2)CC1. The van der Waals surface area contributed by atoms with Crippen LogP contribution < -0.4 is 4.74 Å². The first-order chi connectivity index (χ1) is 6.72. The molecule has 72 valence electrons. The molecule has 2 rings (SSSR count). The second-order valence-corrected chi connectivity index (χ2v) is 4.43. The Morgan fingerprint density at radius 3 is 2.64 bits per heavy atom. The summed E-state index contributed by atoms with van der Waals surface area (Å²) in [6.07, 6.45) is 7.72. The standard InChI is InChI=1S/C12H11BrO/c1-3-12(6-7-12)9-4-5-11(14-2)10(13)8-9/h1,4-5,8H,6-7H2,2H3. The van der Waals surface area contributed by atoms with Crippen molar-refractivity contribution in [2.45, 2.75) is 18.3 Å². The molecule has 0 heterocycles. The number of halogens is 1. The third-order valence-corrected chi connectivity index (χ3v) is 3.35. The molecule has 1 aromatic carbocycles. The number of benzene rings is 1. The van der Waals surface area contributed by atoms with Crippen molar-refractivity contribution in [1.82, 2.24) is 0 Å². The highest BCUT2D eigenvalue weighted by Gasteiger charge is 2.42. The van der Waals surface area contributed by atoms with Gasteiger partial charge in [-0.25, -0.2) is 0 Å². The number of hydrogen-bond acceptors (Lipinski definition) is 1. The van der Waals surface area contributed by atoms with Crippen LogP contribution in [0.1, 0.15) is 18.4 Å². The van der Waals surface area contributed by atoms with Gasteiger partial charge < -0.3 is 4.74 Å². The fourth-order valence-electron chi connectivity index (χ4n) is 1.61. The lowest BCUT2D eigenvalue weighted by Gasteiger charge is -2.10. The van der Waals surface area contributed by atoms with E-state index in [1.807, 2.05) is 6.07 Å². The molecule has 1 aromatic rings. The van der Waals surface area contributed by atoms with Crippen molar-refractivity contribution in [1.29, 1.82) is 0 Å². The van der Waals surface area contributed by atoms with Crippen LogP contribution in [0.4, 0.5) is 0 Å². The summed E-state index contributed by atoms with van der Waals surface area (Å²) in [6.45, 7) is 0. The van der Waals surface area contributed by atoms with Crippen molar-refractivity contribution in [3.05, 3.63) is 28.2 Å². The van der Waals surface area contributed by atoms with Gasteiger partial charge in [0.2, 0.25) is 0 Å². The molecule has 1 saturated carbocycles. The van der Waals surface area contributed by atoms with Gasteiger partial charge in [0.25, 0.3) is 0 Å². The van der Waals surface area contributed by atoms with Crippen LogP contribution in [0.5, 0.6) is 5.75 Å². The summed E-state index contributed by atoms with van der Waals surface area (Å²) in [5.74, 6) is 3.72. The zero-order chi connectivity index (χ0) is 10.2. The van der Waals surface area contributed by atoms with Crippen molar-refractivity contribution in [2.75, 3.05) is 7.11 Å². The molecule has 1 fully saturated rings. The van der Waals surface area contributed by atoms with Gasteiger partial charge in [0.1, 0.15) is 5.75 Å². The highest BCUT2D eigenvalue weighted by molar-refractivity contribution is 9.10. The maximum Gasteiger partial charge on any atom is 0.133 e. The predicted molar refractivity (Wildman–Crippen MR) is 60.4 cm³/mol. The highest BCUT2D eigenvalue weighted by Crippen LogP contribution is 2.48. The van der Waals surface area contributed by atoms with Crippen molar-refractivity contribution >= 4 is 15.9 Å². The van der Waals surface area contributed by atoms with Gasteiger partial charge in [0, 0.05) is 0 Å². The van der Waals surface area contributed by atoms with Crippen LogP contribution in [0.3, 0.4) is 0 Å². The zero-order valence-electron chi connectivity index (χ0n) is 8.01. The Kier molecular flexibility index (Phi) is 2.28. The van der Waals surface area contributed by atoms with Gasteiger partial charge in [-0.05, 0) is 46.5 Å². The number of methoxy groups -OCH3 is 1.